The minimum absolute atomic E-state index is 0.377. The van der Waals surface area contributed by atoms with Gasteiger partial charge < -0.3 is 15.4 Å². The van der Waals surface area contributed by atoms with Crippen molar-refractivity contribution in [1.82, 2.24) is 15.5 Å². The first-order valence-corrected chi connectivity index (χ1v) is 11.8. The maximum atomic E-state index is 11.8. The van der Waals surface area contributed by atoms with Gasteiger partial charge in [0.25, 0.3) is 0 Å². The highest BCUT2D eigenvalue weighted by atomic mass is 32.2. The number of benzene rings is 1. The van der Waals surface area contributed by atoms with Crippen molar-refractivity contribution in [3.63, 3.8) is 0 Å². The molecule has 1 aromatic rings. The van der Waals surface area contributed by atoms with Gasteiger partial charge in [-0.25, -0.2) is 13.4 Å². The van der Waals surface area contributed by atoms with Crippen molar-refractivity contribution in [2.24, 2.45) is 10.9 Å². The zero-order valence-corrected chi connectivity index (χ0v) is 18.3. The van der Waals surface area contributed by atoms with Gasteiger partial charge in [-0.3, -0.25) is 4.90 Å². The van der Waals surface area contributed by atoms with Gasteiger partial charge in [-0.2, -0.15) is 0 Å². The van der Waals surface area contributed by atoms with Crippen LogP contribution in [0.2, 0.25) is 0 Å². The molecule has 7 nitrogen and oxygen atoms in total. The Kier molecular flexibility index (Phi) is 8.72. The number of nitrogens with zero attached hydrogens (tertiary/aromatic N) is 2. The second-order valence-corrected chi connectivity index (χ2v) is 9.45. The number of aryl methyl sites for hydroxylation is 1. The van der Waals surface area contributed by atoms with E-state index in [1.165, 1.54) is 6.26 Å². The molecule has 0 saturated carbocycles. The van der Waals surface area contributed by atoms with Crippen molar-refractivity contribution in [3.8, 4) is 0 Å². The topological polar surface area (TPSA) is 83.0 Å². The van der Waals surface area contributed by atoms with Crippen LogP contribution in [0.15, 0.2) is 28.1 Å². The van der Waals surface area contributed by atoms with Crippen molar-refractivity contribution in [2.75, 3.05) is 52.2 Å². The molecule has 0 spiro atoms. The number of sulfone groups is 1. The molecule has 1 unspecified atom stereocenters. The van der Waals surface area contributed by atoms with Gasteiger partial charge in [0.2, 0.25) is 0 Å². The van der Waals surface area contributed by atoms with Crippen LogP contribution in [0, 0.1) is 12.8 Å². The van der Waals surface area contributed by atoms with E-state index in [0.717, 1.165) is 63.0 Å². The number of hydrogen-bond acceptors (Lipinski definition) is 5. The molecule has 0 aromatic heterocycles. The molecule has 0 bridgehead atoms. The van der Waals surface area contributed by atoms with Crippen LogP contribution in [0.1, 0.15) is 25.0 Å². The highest BCUT2D eigenvalue weighted by molar-refractivity contribution is 7.90. The summed E-state index contributed by atoms with van der Waals surface area (Å²) >= 11 is 0. The van der Waals surface area contributed by atoms with Gasteiger partial charge in [0, 0.05) is 39.0 Å². The molecule has 0 amide bonds. The van der Waals surface area contributed by atoms with E-state index in [-0.39, 0.29) is 0 Å². The molecule has 28 heavy (non-hydrogen) atoms. The van der Waals surface area contributed by atoms with Crippen molar-refractivity contribution in [3.05, 3.63) is 29.3 Å². The summed E-state index contributed by atoms with van der Waals surface area (Å²) < 4.78 is 28.9. The minimum atomic E-state index is -3.19. The third kappa shape index (κ3) is 7.41. The Morgan fingerprint density at radius 2 is 2.00 bits per heavy atom. The second-order valence-electron chi connectivity index (χ2n) is 7.47. The van der Waals surface area contributed by atoms with Gasteiger partial charge >= 0.3 is 0 Å². The second kappa shape index (κ2) is 10.8. The lowest BCUT2D eigenvalue weighted by molar-refractivity contribution is 0.0320. The van der Waals surface area contributed by atoms with Crippen LogP contribution in [0.3, 0.4) is 0 Å². The quantitative estimate of drug-likeness (QED) is 0.498. The maximum Gasteiger partial charge on any atom is 0.191 e. The largest absolute Gasteiger partial charge is 0.379 e. The molecule has 1 saturated heterocycles. The Bertz CT molecular complexity index is 759. The van der Waals surface area contributed by atoms with Crippen molar-refractivity contribution < 1.29 is 13.2 Å². The van der Waals surface area contributed by atoms with E-state index >= 15 is 0 Å². The Morgan fingerprint density at radius 3 is 2.61 bits per heavy atom. The van der Waals surface area contributed by atoms with Crippen LogP contribution >= 0.6 is 0 Å². The van der Waals surface area contributed by atoms with Crippen LogP contribution in [-0.2, 0) is 21.1 Å². The summed E-state index contributed by atoms with van der Waals surface area (Å²) in [4.78, 5) is 7.46. The predicted molar refractivity (Wildman–Crippen MR) is 114 cm³/mol. The van der Waals surface area contributed by atoms with Gasteiger partial charge in [0.15, 0.2) is 15.8 Å². The number of nitrogens with one attached hydrogen (secondary N) is 2. The van der Waals surface area contributed by atoms with E-state index in [4.69, 9.17) is 4.74 Å². The Hall–Kier alpha value is -1.64. The summed E-state index contributed by atoms with van der Waals surface area (Å²) in [5.74, 6) is 1.28. The molecule has 1 atom stereocenters. The summed E-state index contributed by atoms with van der Waals surface area (Å²) in [7, 11) is -3.19. The van der Waals surface area contributed by atoms with E-state index < -0.39 is 9.84 Å². The Morgan fingerprint density at radius 1 is 1.29 bits per heavy atom. The highest BCUT2D eigenvalue weighted by Gasteiger charge is 2.14. The fourth-order valence-electron chi connectivity index (χ4n) is 3.30. The molecule has 1 aliphatic heterocycles. The third-order valence-corrected chi connectivity index (χ3v) is 5.95. The summed E-state index contributed by atoms with van der Waals surface area (Å²) in [6.07, 6.45) is 1.23. The van der Waals surface area contributed by atoms with Crippen LogP contribution in [-0.4, -0.2) is 71.5 Å². The van der Waals surface area contributed by atoms with Crippen molar-refractivity contribution in [1.29, 1.82) is 0 Å². The van der Waals surface area contributed by atoms with Crippen molar-refractivity contribution in [2.45, 2.75) is 32.2 Å². The van der Waals surface area contributed by atoms with Crippen LogP contribution in [0.4, 0.5) is 0 Å². The van der Waals surface area contributed by atoms with Crippen LogP contribution < -0.4 is 10.6 Å². The maximum absolute atomic E-state index is 11.8. The normalized spacial score (nSPS) is 17.4. The number of ether oxygens (including phenoxy) is 1. The zero-order chi connectivity index (χ0) is 20.6. The number of guanidine groups is 1. The molecule has 2 N–H and O–H groups in total. The van der Waals surface area contributed by atoms with E-state index in [1.807, 2.05) is 26.0 Å². The monoisotopic (exact) mass is 410 g/mol. The Labute approximate surface area is 169 Å². The molecule has 0 radical (unpaired) electrons. The fourth-order valence-corrected chi connectivity index (χ4v) is 4.26. The molecule has 1 heterocycles. The van der Waals surface area contributed by atoms with Gasteiger partial charge in [0.1, 0.15) is 0 Å². The van der Waals surface area contributed by atoms with Crippen molar-refractivity contribution >= 4 is 15.8 Å². The predicted octanol–water partition coefficient (Wildman–Crippen LogP) is 1.42. The first-order valence-electron chi connectivity index (χ1n) is 9.91. The summed E-state index contributed by atoms with van der Waals surface area (Å²) in [6.45, 7) is 12.9. The van der Waals surface area contributed by atoms with Gasteiger partial charge in [-0.1, -0.05) is 19.1 Å². The first kappa shape index (κ1) is 22.6. The lowest BCUT2D eigenvalue weighted by Gasteiger charge is -2.29. The zero-order valence-electron chi connectivity index (χ0n) is 17.5. The fraction of sp³-hybridized carbons (Fsp3) is 0.650. The van der Waals surface area contributed by atoms with Gasteiger partial charge in [0.05, 0.1) is 24.7 Å². The van der Waals surface area contributed by atoms with Gasteiger partial charge in [-0.05, 0) is 37.0 Å². The Balaban J connectivity index is 1.91. The van der Waals surface area contributed by atoms with E-state index in [2.05, 4.69) is 27.4 Å². The van der Waals surface area contributed by atoms with Crippen LogP contribution in [0.25, 0.3) is 0 Å². The SMILES string of the molecule is CCNC(=NCc1ccc(S(C)(=O)=O)c(C)c1)NCC(C)CN1CCOCC1. The van der Waals surface area contributed by atoms with E-state index in [1.54, 1.807) is 6.07 Å². The first-order chi connectivity index (χ1) is 13.3. The lowest BCUT2D eigenvalue weighted by Crippen LogP contribution is -2.44. The molecular weight excluding hydrogens is 376 g/mol. The third-order valence-electron chi connectivity index (χ3n) is 4.69. The lowest BCUT2D eigenvalue weighted by atomic mass is 10.1. The van der Waals surface area contributed by atoms with Crippen LogP contribution in [0.5, 0.6) is 0 Å². The molecule has 1 fully saturated rings. The molecule has 158 valence electrons. The molecule has 1 aromatic carbocycles. The molecule has 2 rings (SSSR count). The summed E-state index contributed by atoms with van der Waals surface area (Å²) in [6, 6.07) is 5.39. The molecule has 0 aliphatic carbocycles. The van der Waals surface area contributed by atoms with E-state index in [0.29, 0.717) is 17.4 Å². The average molecular weight is 411 g/mol. The molecule has 1 aliphatic rings. The average Bonchev–Trinajstić information content (AvgIpc) is 2.64. The minimum Gasteiger partial charge on any atom is -0.379 e. The molecule has 8 heteroatoms. The van der Waals surface area contributed by atoms with Gasteiger partial charge in [-0.15, -0.1) is 0 Å². The number of morpholine rings is 1. The summed E-state index contributed by atoms with van der Waals surface area (Å²) in [5, 5.41) is 6.69. The smallest absolute Gasteiger partial charge is 0.191 e. The standard InChI is InChI=1S/C20H34N4O3S/c1-5-21-20(22-13-16(2)15-24-8-10-27-11-9-24)23-14-18-6-7-19(17(3)12-18)28(4,25)26/h6-7,12,16H,5,8-11,13-15H2,1-4H3,(H2,21,22,23). The number of rotatable bonds is 8. The number of aliphatic imine (C=N–C) groups is 1. The highest BCUT2D eigenvalue weighted by Crippen LogP contribution is 2.17. The summed E-state index contributed by atoms with van der Waals surface area (Å²) in [5.41, 5.74) is 1.75. The molecular formula is C20H34N4O3S. The van der Waals surface area contributed by atoms with E-state index in [9.17, 15) is 8.42 Å². The number of hydrogen-bond donors (Lipinski definition) is 2.